The highest BCUT2D eigenvalue weighted by atomic mass is 16.5. The third-order valence-corrected chi connectivity index (χ3v) is 2.91. The summed E-state index contributed by atoms with van der Waals surface area (Å²) in [6, 6.07) is 11.9. The van der Waals surface area contributed by atoms with Gasteiger partial charge in [-0.25, -0.2) is 0 Å². The fourth-order valence-corrected chi connectivity index (χ4v) is 1.90. The van der Waals surface area contributed by atoms with Crippen molar-refractivity contribution >= 4 is 0 Å². The first-order valence-corrected chi connectivity index (χ1v) is 6.67. The molecule has 0 aliphatic heterocycles. The monoisotopic (exact) mass is 244 g/mol. The Kier molecular flexibility index (Phi) is 4.88. The maximum atomic E-state index is 5.75. The lowest BCUT2D eigenvalue weighted by molar-refractivity contribution is 0.305. The minimum atomic E-state index is 0.793. The molecule has 2 nitrogen and oxygen atoms in total. The zero-order valence-corrected chi connectivity index (χ0v) is 10.9. The first-order chi connectivity index (χ1) is 8.90. The van der Waals surface area contributed by atoms with E-state index in [0.717, 1.165) is 30.1 Å². The van der Waals surface area contributed by atoms with E-state index in [1.54, 1.807) is 6.26 Å². The van der Waals surface area contributed by atoms with Crippen molar-refractivity contribution in [1.82, 2.24) is 0 Å². The van der Waals surface area contributed by atoms with Crippen molar-refractivity contribution < 1.29 is 9.15 Å². The van der Waals surface area contributed by atoms with Gasteiger partial charge in [-0.1, -0.05) is 38.3 Å². The number of hydrogen-bond acceptors (Lipinski definition) is 2. The quantitative estimate of drug-likeness (QED) is 0.646. The number of benzene rings is 1. The average molecular weight is 244 g/mol. The number of unbranched alkanes of at least 4 members (excludes halogenated alkanes) is 3. The van der Waals surface area contributed by atoms with Crippen molar-refractivity contribution in [3.8, 4) is 17.1 Å². The molecule has 2 heteroatoms. The third-order valence-electron chi connectivity index (χ3n) is 2.91. The Labute approximate surface area is 109 Å². The van der Waals surface area contributed by atoms with Crippen LogP contribution in [0.5, 0.6) is 5.75 Å². The Balaban J connectivity index is 1.88. The van der Waals surface area contributed by atoms with Gasteiger partial charge in [-0.15, -0.1) is 0 Å². The predicted octanol–water partition coefficient (Wildman–Crippen LogP) is 4.91. The van der Waals surface area contributed by atoms with Gasteiger partial charge in [0.1, 0.15) is 11.5 Å². The van der Waals surface area contributed by atoms with E-state index < -0.39 is 0 Å². The van der Waals surface area contributed by atoms with E-state index in [9.17, 15) is 0 Å². The summed E-state index contributed by atoms with van der Waals surface area (Å²) < 4.78 is 11.1. The molecule has 0 amide bonds. The molecule has 1 heterocycles. The Morgan fingerprint density at radius 2 is 2.00 bits per heavy atom. The molecule has 1 aromatic carbocycles. The molecular formula is C16H20O2. The van der Waals surface area contributed by atoms with E-state index in [1.165, 1.54) is 19.3 Å². The maximum Gasteiger partial charge on any atom is 0.133 e. The van der Waals surface area contributed by atoms with Gasteiger partial charge < -0.3 is 9.15 Å². The molecule has 0 bridgehead atoms. The van der Waals surface area contributed by atoms with E-state index in [0.29, 0.717) is 0 Å². The van der Waals surface area contributed by atoms with Crippen LogP contribution in [0.15, 0.2) is 47.1 Å². The Hall–Kier alpha value is -1.70. The summed E-state index contributed by atoms with van der Waals surface area (Å²) in [5.74, 6) is 1.80. The van der Waals surface area contributed by atoms with E-state index in [-0.39, 0.29) is 0 Å². The van der Waals surface area contributed by atoms with Gasteiger partial charge in [-0.05, 0) is 30.7 Å². The summed E-state index contributed by atoms with van der Waals surface area (Å²) in [7, 11) is 0. The van der Waals surface area contributed by atoms with Gasteiger partial charge >= 0.3 is 0 Å². The average Bonchev–Trinajstić information content (AvgIpc) is 2.93. The normalized spacial score (nSPS) is 10.5. The second-order valence-corrected chi connectivity index (χ2v) is 4.41. The van der Waals surface area contributed by atoms with Crippen molar-refractivity contribution in [2.75, 3.05) is 6.61 Å². The predicted molar refractivity (Wildman–Crippen MR) is 73.8 cm³/mol. The van der Waals surface area contributed by atoms with Crippen LogP contribution >= 0.6 is 0 Å². The second-order valence-electron chi connectivity index (χ2n) is 4.41. The molecule has 0 aliphatic rings. The maximum absolute atomic E-state index is 5.75. The zero-order chi connectivity index (χ0) is 12.6. The number of furan rings is 1. The molecule has 0 atom stereocenters. The summed E-state index contributed by atoms with van der Waals surface area (Å²) in [6.45, 7) is 3.01. The Morgan fingerprint density at radius 3 is 2.78 bits per heavy atom. The highest BCUT2D eigenvalue weighted by Crippen LogP contribution is 2.24. The minimum Gasteiger partial charge on any atom is -0.494 e. The molecule has 18 heavy (non-hydrogen) atoms. The fraction of sp³-hybridized carbons (Fsp3) is 0.375. The SMILES string of the molecule is CCCCCCOc1cccc(-c2ccco2)c1. The third kappa shape index (κ3) is 3.66. The van der Waals surface area contributed by atoms with Crippen LogP contribution in [0.2, 0.25) is 0 Å². The van der Waals surface area contributed by atoms with Crippen LogP contribution in [-0.2, 0) is 0 Å². The second kappa shape index (κ2) is 6.90. The standard InChI is InChI=1S/C16H20O2/c1-2-3-4-5-11-17-15-9-6-8-14(13-15)16-10-7-12-18-16/h6-10,12-13H,2-5,11H2,1H3. The molecule has 0 radical (unpaired) electrons. The Bertz CT molecular complexity index is 446. The van der Waals surface area contributed by atoms with Gasteiger partial charge in [0.15, 0.2) is 0 Å². The summed E-state index contributed by atoms with van der Waals surface area (Å²) in [4.78, 5) is 0. The molecule has 0 saturated heterocycles. The van der Waals surface area contributed by atoms with Gasteiger partial charge in [0, 0.05) is 5.56 Å². The largest absolute Gasteiger partial charge is 0.494 e. The van der Waals surface area contributed by atoms with E-state index >= 15 is 0 Å². The van der Waals surface area contributed by atoms with E-state index in [4.69, 9.17) is 9.15 Å². The fourth-order valence-electron chi connectivity index (χ4n) is 1.90. The highest BCUT2D eigenvalue weighted by Gasteiger charge is 2.02. The van der Waals surface area contributed by atoms with E-state index in [1.807, 2.05) is 36.4 Å². The lowest BCUT2D eigenvalue weighted by atomic mass is 10.1. The lowest BCUT2D eigenvalue weighted by Crippen LogP contribution is -1.97. The number of ether oxygens (including phenoxy) is 1. The summed E-state index contributed by atoms with van der Waals surface area (Å²) in [5.41, 5.74) is 1.06. The summed E-state index contributed by atoms with van der Waals surface area (Å²) in [6.07, 6.45) is 6.60. The molecular weight excluding hydrogens is 224 g/mol. The van der Waals surface area contributed by atoms with Gasteiger partial charge in [-0.2, -0.15) is 0 Å². The van der Waals surface area contributed by atoms with Gasteiger partial charge in [0.05, 0.1) is 12.9 Å². The highest BCUT2D eigenvalue weighted by molar-refractivity contribution is 5.59. The van der Waals surface area contributed by atoms with Crippen molar-refractivity contribution in [3.05, 3.63) is 42.7 Å². The van der Waals surface area contributed by atoms with Crippen molar-refractivity contribution in [1.29, 1.82) is 0 Å². The molecule has 0 fully saturated rings. The van der Waals surface area contributed by atoms with Crippen LogP contribution < -0.4 is 4.74 Å². The summed E-state index contributed by atoms with van der Waals surface area (Å²) in [5, 5.41) is 0. The topological polar surface area (TPSA) is 22.4 Å². The van der Waals surface area contributed by atoms with Crippen molar-refractivity contribution in [2.45, 2.75) is 32.6 Å². The number of hydrogen-bond donors (Lipinski definition) is 0. The first kappa shape index (κ1) is 12.7. The van der Waals surface area contributed by atoms with Crippen LogP contribution in [0.3, 0.4) is 0 Å². The molecule has 0 saturated carbocycles. The Morgan fingerprint density at radius 1 is 1.06 bits per heavy atom. The minimum absolute atomic E-state index is 0.793. The van der Waals surface area contributed by atoms with Gasteiger partial charge in [0.25, 0.3) is 0 Å². The van der Waals surface area contributed by atoms with Crippen LogP contribution in [0.25, 0.3) is 11.3 Å². The summed E-state index contributed by atoms with van der Waals surface area (Å²) >= 11 is 0. The van der Waals surface area contributed by atoms with Crippen LogP contribution in [-0.4, -0.2) is 6.61 Å². The molecule has 0 aliphatic carbocycles. The molecule has 0 unspecified atom stereocenters. The lowest BCUT2D eigenvalue weighted by Gasteiger charge is -2.07. The molecule has 2 rings (SSSR count). The molecule has 96 valence electrons. The zero-order valence-electron chi connectivity index (χ0n) is 10.9. The van der Waals surface area contributed by atoms with Gasteiger partial charge in [-0.3, -0.25) is 0 Å². The molecule has 0 spiro atoms. The molecule has 0 N–H and O–H groups in total. The van der Waals surface area contributed by atoms with Crippen molar-refractivity contribution in [2.24, 2.45) is 0 Å². The van der Waals surface area contributed by atoms with Crippen molar-refractivity contribution in [3.63, 3.8) is 0 Å². The molecule has 2 aromatic rings. The first-order valence-electron chi connectivity index (χ1n) is 6.67. The van der Waals surface area contributed by atoms with Crippen LogP contribution in [0, 0.1) is 0 Å². The van der Waals surface area contributed by atoms with Crippen LogP contribution in [0.4, 0.5) is 0 Å². The smallest absolute Gasteiger partial charge is 0.133 e. The molecule has 1 aromatic heterocycles. The van der Waals surface area contributed by atoms with E-state index in [2.05, 4.69) is 6.92 Å². The number of rotatable bonds is 7. The van der Waals surface area contributed by atoms with Crippen LogP contribution in [0.1, 0.15) is 32.6 Å². The van der Waals surface area contributed by atoms with Gasteiger partial charge in [0.2, 0.25) is 0 Å².